The molecular formula is C18H22BrN3S. The average Bonchev–Trinajstić information content (AvgIpc) is 3.17. The Balaban J connectivity index is 1.42. The Morgan fingerprint density at radius 1 is 1.26 bits per heavy atom. The van der Waals surface area contributed by atoms with E-state index in [2.05, 4.69) is 55.8 Å². The molecule has 0 bridgehead atoms. The minimum Gasteiger partial charge on any atom is -0.317 e. The average molecular weight is 392 g/mol. The molecule has 0 aliphatic carbocycles. The van der Waals surface area contributed by atoms with Gasteiger partial charge in [-0.3, -0.25) is 4.90 Å². The lowest BCUT2D eigenvalue weighted by molar-refractivity contribution is 0.193. The summed E-state index contributed by atoms with van der Waals surface area (Å²) in [5, 5.41) is 6.84. The van der Waals surface area contributed by atoms with Gasteiger partial charge in [-0.1, -0.05) is 28.1 Å². The van der Waals surface area contributed by atoms with Crippen molar-refractivity contribution in [2.45, 2.75) is 25.8 Å². The molecule has 0 unspecified atom stereocenters. The van der Waals surface area contributed by atoms with Crippen LogP contribution in [0.4, 0.5) is 0 Å². The molecule has 23 heavy (non-hydrogen) atoms. The SMILES string of the molecule is Brc1cccc(-c2nc(CN3CCC4(CCNCC4)C3)cs2)c1. The number of likely N-dealkylation sites (tertiary alicyclic amines) is 1. The molecule has 1 aromatic carbocycles. The zero-order valence-corrected chi connectivity index (χ0v) is 15.6. The lowest BCUT2D eigenvalue weighted by atomic mass is 9.78. The zero-order valence-electron chi connectivity index (χ0n) is 13.2. The van der Waals surface area contributed by atoms with Gasteiger partial charge in [-0.05, 0) is 56.4 Å². The molecule has 2 aromatic rings. The van der Waals surface area contributed by atoms with E-state index in [0.717, 1.165) is 16.0 Å². The van der Waals surface area contributed by atoms with Crippen LogP contribution in [0.1, 0.15) is 25.0 Å². The van der Waals surface area contributed by atoms with Gasteiger partial charge in [0, 0.05) is 28.5 Å². The highest BCUT2D eigenvalue weighted by Gasteiger charge is 2.38. The van der Waals surface area contributed by atoms with Gasteiger partial charge in [0.2, 0.25) is 0 Å². The largest absolute Gasteiger partial charge is 0.317 e. The molecular weight excluding hydrogens is 370 g/mol. The molecule has 2 aliphatic rings. The Morgan fingerprint density at radius 3 is 2.96 bits per heavy atom. The first-order chi connectivity index (χ1) is 11.2. The Kier molecular flexibility index (Phi) is 4.54. The van der Waals surface area contributed by atoms with Crippen LogP contribution in [0.5, 0.6) is 0 Å². The van der Waals surface area contributed by atoms with Crippen molar-refractivity contribution in [1.82, 2.24) is 15.2 Å². The topological polar surface area (TPSA) is 28.2 Å². The Bertz CT molecular complexity index is 678. The summed E-state index contributed by atoms with van der Waals surface area (Å²) in [5.74, 6) is 0. The highest BCUT2D eigenvalue weighted by Crippen LogP contribution is 2.39. The standard InChI is InChI=1S/C18H22BrN3S/c19-15-3-1-2-14(10-15)17-21-16(12-23-17)11-22-9-6-18(13-22)4-7-20-8-5-18/h1-3,10,12,20H,4-9,11,13H2. The van der Waals surface area contributed by atoms with Crippen LogP contribution >= 0.6 is 27.3 Å². The molecule has 0 amide bonds. The molecule has 122 valence electrons. The van der Waals surface area contributed by atoms with Gasteiger partial charge in [-0.25, -0.2) is 4.98 Å². The first-order valence-electron chi connectivity index (χ1n) is 8.36. The maximum absolute atomic E-state index is 4.86. The summed E-state index contributed by atoms with van der Waals surface area (Å²) in [5.41, 5.74) is 3.00. The van der Waals surface area contributed by atoms with E-state index in [1.54, 1.807) is 11.3 Å². The number of thiazole rings is 1. The molecule has 1 spiro atoms. The number of hydrogen-bond donors (Lipinski definition) is 1. The minimum atomic E-state index is 0.578. The maximum atomic E-state index is 4.86. The third-order valence-electron chi connectivity index (χ3n) is 5.19. The number of benzene rings is 1. The monoisotopic (exact) mass is 391 g/mol. The van der Waals surface area contributed by atoms with Gasteiger partial charge in [-0.15, -0.1) is 11.3 Å². The van der Waals surface area contributed by atoms with E-state index >= 15 is 0 Å². The Morgan fingerprint density at radius 2 is 2.13 bits per heavy atom. The number of rotatable bonds is 3. The molecule has 2 aliphatic heterocycles. The van der Waals surface area contributed by atoms with Gasteiger partial charge < -0.3 is 5.32 Å². The van der Waals surface area contributed by atoms with Gasteiger partial charge in [0.25, 0.3) is 0 Å². The molecule has 0 atom stereocenters. The van der Waals surface area contributed by atoms with Crippen molar-refractivity contribution in [1.29, 1.82) is 0 Å². The Hall–Kier alpha value is -0.750. The van der Waals surface area contributed by atoms with E-state index in [-0.39, 0.29) is 0 Å². The van der Waals surface area contributed by atoms with Crippen molar-refractivity contribution in [3.63, 3.8) is 0 Å². The van der Waals surface area contributed by atoms with Crippen molar-refractivity contribution in [2.75, 3.05) is 26.2 Å². The summed E-state index contributed by atoms with van der Waals surface area (Å²) < 4.78 is 1.11. The second kappa shape index (κ2) is 6.63. The lowest BCUT2D eigenvalue weighted by Crippen LogP contribution is -2.38. The van der Waals surface area contributed by atoms with Crippen LogP contribution in [0.25, 0.3) is 10.6 Å². The van der Waals surface area contributed by atoms with E-state index < -0.39 is 0 Å². The zero-order chi connectivity index (χ0) is 15.7. The van der Waals surface area contributed by atoms with Gasteiger partial charge in [0.1, 0.15) is 5.01 Å². The lowest BCUT2D eigenvalue weighted by Gasteiger charge is -2.33. The minimum absolute atomic E-state index is 0.578. The van der Waals surface area contributed by atoms with Crippen molar-refractivity contribution in [3.8, 4) is 10.6 Å². The van der Waals surface area contributed by atoms with E-state index in [0.29, 0.717) is 5.41 Å². The highest BCUT2D eigenvalue weighted by atomic mass is 79.9. The van der Waals surface area contributed by atoms with Crippen LogP contribution in [-0.4, -0.2) is 36.1 Å². The molecule has 1 N–H and O–H groups in total. The van der Waals surface area contributed by atoms with Crippen LogP contribution in [-0.2, 0) is 6.54 Å². The van der Waals surface area contributed by atoms with Crippen molar-refractivity contribution < 1.29 is 0 Å². The third-order valence-corrected chi connectivity index (χ3v) is 6.62. The predicted molar refractivity (Wildman–Crippen MR) is 99.7 cm³/mol. The van der Waals surface area contributed by atoms with Crippen LogP contribution in [0.3, 0.4) is 0 Å². The fourth-order valence-corrected chi connectivity index (χ4v) is 5.10. The number of hydrogen-bond acceptors (Lipinski definition) is 4. The molecule has 1 aromatic heterocycles. The van der Waals surface area contributed by atoms with Gasteiger partial charge >= 0.3 is 0 Å². The summed E-state index contributed by atoms with van der Waals surface area (Å²) in [6.45, 7) is 5.86. The van der Waals surface area contributed by atoms with E-state index in [1.165, 1.54) is 56.7 Å². The highest BCUT2D eigenvalue weighted by molar-refractivity contribution is 9.10. The Labute approximate surface area is 150 Å². The first-order valence-corrected chi connectivity index (χ1v) is 10.0. The molecule has 3 nitrogen and oxygen atoms in total. The summed E-state index contributed by atoms with van der Waals surface area (Å²) in [6.07, 6.45) is 4.03. The fourth-order valence-electron chi connectivity index (χ4n) is 3.89. The second-order valence-corrected chi connectivity index (χ2v) is 8.64. The number of nitrogens with one attached hydrogen (secondary N) is 1. The first kappa shape index (κ1) is 15.8. The summed E-state index contributed by atoms with van der Waals surface area (Å²) in [6, 6.07) is 8.40. The maximum Gasteiger partial charge on any atom is 0.123 e. The van der Waals surface area contributed by atoms with Gasteiger partial charge in [0.05, 0.1) is 5.69 Å². The smallest absolute Gasteiger partial charge is 0.123 e. The van der Waals surface area contributed by atoms with Crippen molar-refractivity contribution in [2.24, 2.45) is 5.41 Å². The number of piperidine rings is 1. The quantitative estimate of drug-likeness (QED) is 0.851. The van der Waals surface area contributed by atoms with Gasteiger partial charge in [0.15, 0.2) is 0 Å². The number of aromatic nitrogens is 1. The number of halogens is 1. The van der Waals surface area contributed by atoms with Crippen LogP contribution in [0.15, 0.2) is 34.1 Å². The van der Waals surface area contributed by atoms with Crippen molar-refractivity contribution in [3.05, 3.63) is 39.8 Å². The molecule has 2 fully saturated rings. The fraction of sp³-hybridized carbons (Fsp3) is 0.500. The molecule has 3 heterocycles. The van der Waals surface area contributed by atoms with Gasteiger partial charge in [-0.2, -0.15) is 0 Å². The predicted octanol–water partition coefficient (Wildman–Crippen LogP) is 4.15. The van der Waals surface area contributed by atoms with E-state index in [9.17, 15) is 0 Å². The third kappa shape index (κ3) is 3.53. The summed E-state index contributed by atoms with van der Waals surface area (Å²) in [7, 11) is 0. The van der Waals surface area contributed by atoms with Crippen LogP contribution in [0.2, 0.25) is 0 Å². The van der Waals surface area contributed by atoms with Crippen LogP contribution < -0.4 is 5.32 Å². The normalized spacial score (nSPS) is 21.1. The molecule has 2 saturated heterocycles. The number of nitrogens with zero attached hydrogens (tertiary/aromatic N) is 2. The van der Waals surface area contributed by atoms with E-state index in [1.807, 2.05) is 0 Å². The summed E-state index contributed by atoms with van der Waals surface area (Å²) in [4.78, 5) is 7.46. The molecule has 0 saturated carbocycles. The van der Waals surface area contributed by atoms with E-state index in [4.69, 9.17) is 4.98 Å². The molecule has 0 radical (unpaired) electrons. The van der Waals surface area contributed by atoms with Crippen LogP contribution in [0, 0.1) is 5.41 Å². The summed E-state index contributed by atoms with van der Waals surface area (Å²) >= 11 is 5.29. The second-order valence-electron chi connectivity index (χ2n) is 6.86. The molecule has 5 heteroatoms. The van der Waals surface area contributed by atoms with Crippen molar-refractivity contribution >= 4 is 27.3 Å². The molecule has 4 rings (SSSR count).